The molecule has 0 radical (unpaired) electrons. The van der Waals surface area contributed by atoms with E-state index in [2.05, 4.69) is 24.9 Å². The minimum Gasteiger partial charge on any atom is -0.350 e. The van der Waals surface area contributed by atoms with Gasteiger partial charge in [-0.3, -0.25) is 14.5 Å². The maximum absolute atomic E-state index is 13.7. The SMILES string of the molecule is CC(C)C(=O)N1[C@H](C)CN([C@H](CCOC(F)F)c2ccccc2)C[C@@H]1C(=O)NCc1ccc(-c2ncccn2)cc1. The van der Waals surface area contributed by atoms with Crippen molar-refractivity contribution in [2.75, 3.05) is 19.7 Å². The van der Waals surface area contributed by atoms with E-state index >= 15 is 0 Å². The van der Waals surface area contributed by atoms with Crippen LogP contribution in [-0.2, 0) is 20.9 Å². The molecule has 2 amide bonds. The van der Waals surface area contributed by atoms with Gasteiger partial charge < -0.3 is 15.0 Å². The summed E-state index contributed by atoms with van der Waals surface area (Å²) in [4.78, 5) is 39.3. The Labute approximate surface area is 239 Å². The fourth-order valence-electron chi connectivity index (χ4n) is 5.28. The molecular formula is C31H37F2N5O3. The maximum atomic E-state index is 13.7. The van der Waals surface area contributed by atoms with E-state index in [1.165, 1.54) is 0 Å². The second-order valence-corrected chi connectivity index (χ2v) is 10.6. The molecule has 0 spiro atoms. The normalized spacial score (nSPS) is 18.5. The number of nitrogens with zero attached hydrogens (tertiary/aromatic N) is 4. The number of piperazine rings is 1. The monoisotopic (exact) mass is 565 g/mol. The smallest absolute Gasteiger partial charge is 0.345 e. The van der Waals surface area contributed by atoms with Gasteiger partial charge in [0.05, 0.1) is 6.61 Å². The Morgan fingerprint density at radius 1 is 1.00 bits per heavy atom. The lowest BCUT2D eigenvalue weighted by Gasteiger charge is -2.48. The number of halogens is 2. The van der Waals surface area contributed by atoms with E-state index in [9.17, 15) is 18.4 Å². The molecule has 218 valence electrons. The van der Waals surface area contributed by atoms with Crippen LogP contribution in [0.1, 0.15) is 44.4 Å². The van der Waals surface area contributed by atoms with Crippen molar-refractivity contribution >= 4 is 11.8 Å². The van der Waals surface area contributed by atoms with Crippen molar-refractivity contribution in [2.45, 2.75) is 58.5 Å². The average Bonchev–Trinajstić information content (AvgIpc) is 2.98. The molecule has 2 aromatic carbocycles. The fraction of sp³-hybridized carbons (Fsp3) is 0.419. The van der Waals surface area contributed by atoms with Crippen molar-refractivity contribution in [2.24, 2.45) is 5.92 Å². The molecule has 1 saturated heterocycles. The molecule has 10 heteroatoms. The highest BCUT2D eigenvalue weighted by Crippen LogP contribution is 2.30. The van der Waals surface area contributed by atoms with Crippen LogP contribution in [0, 0.1) is 5.92 Å². The topological polar surface area (TPSA) is 87.7 Å². The van der Waals surface area contributed by atoms with E-state index in [1.807, 2.05) is 75.4 Å². The van der Waals surface area contributed by atoms with Gasteiger partial charge in [-0.2, -0.15) is 8.78 Å². The molecule has 1 N–H and O–H groups in total. The first-order valence-corrected chi connectivity index (χ1v) is 13.9. The summed E-state index contributed by atoms with van der Waals surface area (Å²) >= 11 is 0. The van der Waals surface area contributed by atoms with Crippen molar-refractivity contribution < 1.29 is 23.1 Å². The molecule has 0 aliphatic carbocycles. The highest BCUT2D eigenvalue weighted by atomic mass is 19.3. The number of carbonyl (C=O) groups is 2. The molecule has 1 aliphatic heterocycles. The lowest BCUT2D eigenvalue weighted by atomic mass is 9.96. The lowest BCUT2D eigenvalue weighted by Crippen LogP contribution is -2.65. The average molecular weight is 566 g/mol. The van der Waals surface area contributed by atoms with Gasteiger partial charge in [0.2, 0.25) is 11.8 Å². The predicted octanol–water partition coefficient (Wildman–Crippen LogP) is 4.69. The summed E-state index contributed by atoms with van der Waals surface area (Å²) in [6.07, 6.45) is 3.69. The Hall–Kier alpha value is -3.76. The summed E-state index contributed by atoms with van der Waals surface area (Å²) in [6.45, 7) is 3.65. The Morgan fingerprint density at radius 3 is 2.32 bits per heavy atom. The van der Waals surface area contributed by atoms with Gasteiger partial charge in [0.25, 0.3) is 0 Å². The number of aromatic nitrogens is 2. The summed E-state index contributed by atoms with van der Waals surface area (Å²) in [7, 11) is 0. The van der Waals surface area contributed by atoms with Crippen molar-refractivity contribution in [1.29, 1.82) is 0 Å². The molecular weight excluding hydrogens is 528 g/mol. The minimum absolute atomic E-state index is 0.0955. The van der Waals surface area contributed by atoms with E-state index < -0.39 is 12.7 Å². The molecule has 8 nitrogen and oxygen atoms in total. The third-order valence-electron chi connectivity index (χ3n) is 7.27. The number of hydrogen-bond donors (Lipinski definition) is 1. The first-order valence-electron chi connectivity index (χ1n) is 13.9. The van der Waals surface area contributed by atoms with Gasteiger partial charge in [-0.25, -0.2) is 9.97 Å². The van der Waals surface area contributed by atoms with Crippen LogP contribution in [0.4, 0.5) is 8.78 Å². The molecule has 1 fully saturated rings. The van der Waals surface area contributed by atoms with E-state index in [0.717, 1.165) is 16.7 Å². The van der Waals surface area contributed by atoms with Gasteiger partial charge in [0.1, 0.15) is 6.04 Å². The third kappa shape index (κ3) is 7.92. The predicted molar refractivity (Wildman–Crippen MR) is 152 cm³/mol. The van der Waals surface area contributed by atoms with Gasteiger partial charge in [0, 0.05) is 55.6 Å². The van der Waals surface area contributed by atoms with Crippen LogP contribution in [0.25, 0.3) is 11.4 Å². The van der Waals surface area contributed by atoms with Crippen molar-refractivity contribution in [3.63, 3.8) is 0 Å². The van der Waals surface area contributed by atoms with Crippen LogP contribution < -0.4 is 5.32 Å². The Morgan fingerprint density at radius 2 is 1.68 bits per heavy atom. The van der Waals surface area contributed by atoms with Crippen LogP contribution >= 0.6 is 0 Å². The molecule has 0 unspecified atom stereocenters. The Kier molecular flexibility index (Phi) is 10.5. The maximum Gasteiger partial charge on any atom is 0.345 e. The van der Waals surface area contributed by atoms with Gasteiger partial charge >= 0.3 is 6.61 Å². The van der Waals surface area contributed by atoms with Crippen LogP contribution in [0.2, 0.25) is 0 Å². The van der Waals surface area contributed by atoms with Crippen LogP contribution in [-0.4, -0.2) is 70.0 Å². The largest absolute Gasteiger partial charge is 0.350 e. The standard InChI is InChI=1S/C31H37F2N5O3/c1-21(2)30(40)38-22(3)19-37(26(14-17-41-31(32)33)24-8-5-4-6-9-24)20-27(38)29(39)36-18-23-10-12-25(13-11-23)28-34-15-7-16-35-28/h4-13,15-16,21-22,26-27,31H,14,17-20H2,1-3H3,(H,36,39)/t22-,26-,27-/m1/s1. The second-order valence-electron chi connectivity index (χ2n) is 10.6. The number of nitrogens with one attached hydrogen (secondary N) is 1. The van der Waals surface area contributed by atoms with Crippen LogP contribution in [0.3, 0.4) is 0 Å². The molecule has 0 saturated carbocycles. The highest BCUT2D eigenvalue weighted by Gasteiger charge is 2.42. The summed E-state index contributed by atoms with van der Waals surface area (Å²) < 4.78 is 30.1. The molecule has 4 rings (SSSR count). The van der Waals surface area contributed by atoms with E-state index in [0.29, 0.717) is 18.8 Å². The summed E-state index contributed by atoms with van der Waals surface area (Å²) in [5.74, 6) is -0.0194. The molecule has 41 heavy (non-hydrogen) atoms. The molecule has 2 heterocycles. The number of ether oxygens (including phenoxy) is 1. The van der Waals surface area contributed by atoms with Crippen molar-refractivity contribution in [1.82, 2.24) is 25.1 Å². The number of hydrogen-bond acceptors (Lipinski definition) is 6. The quantitative estimate of drug-likeness (QED) is 0.363. The molecule has 0 bridgehead atoms. The van der Waals surface area contributed by atoms with Crippen molar-refractivity contribution in [3.05, 3.63) is 84.2 Å². The number of alkyl halides is 2. The van der Waals surface area contributed by atoms with Gasteiger partial charge in [0.15, 0.2) is 5.82 Å². The molecule has 3 atom stereocenters. The van der Waals surface area contributed by atoms with Gasteiger partial charge in [-0.05, 0) is 30.5 Å². The van der Waals surface area contributed by atoms with E-state index in [-0.39, 0.29) is 49.5 Å². The number of benzene rings is 2. The van der Waals surface area contributed by atoms with Gasteiger partial charge in [-0.15, -0.1) is 0 Å². The lowest BCUT2D eigenvalue weighted by molar-refractivity contribution is -0.152. The number of carbonyl (C=O) groups excluding carboxylic acids is 2. The number of amides is 2. The summed E-state index contributed by atoms with van der Waals surface area (Å²) in [6, 6.07) is 17.7. The Balaban J connectivity index is 1.52. The molecule has 3 aromatic rings. The van der Waals surface area contributed by atoms with E-state index in [4.69, 9.17) is 0 Å². The molecule has 1 aromatic heterocycles. The highest BCUT2D eigenvalue weighted by molar-refractivity contribution is 5.89. The zero-order valence-corrected chi connectivity index (χ0v) is 23.6. The van der Waals surface area contributed by atoms with Crippen molar-refractivity contribution in [3.8, 4) is 11.4 Å². The zero-order chi connectivity index (χ0) is 29.4. The Bertz CT molecular complexity index is 1260. The summed E-state index contributed by atoms with van der Waals surface area (Å²) in [5, 5.41) is 3.01. The third-order valence-corrected chi connectivity index (χ3v) is 7.27. The van der Waals surface area contributed by atoms with Crippen LogP contribution in [0.5, 0.6) is 0 Å². The van der Waals surface area contributed by atoms with Crippen LogP contribution in [0.15, 0.2) is 73.1 Å². The summed E-state index contributed by atoms with van der Waals surface area (Å²) in [5.41, 5.74) is 2.71. The number of rotatable bonds is 11. The van der Waals surface area contributed by atoms with E-state index in [1.54, 1.807) is 23.4 Å². The first kappa shape index (κ1) is 30.2. The first-order chi connectivity index (χ1) is 19.7. The minimum atomic E-state index is -2.85. The molecule has 1 aliphatic rings. The zero-order valence-electron chi connectivity index (χ0n) is 23.6. The fourth-order valence-corrected chi connectivity index (χ4v) is 5.28. The second kappa shape index (κ2) is 14.2. The van der Waals surface area contributed by atoms with Gasteiger partial charge in [-0.1, -0.05) is 68.4 Å².